The normalized spacial score (nSPS) is 20.4. The summed E-state index contributed by atoms with van der Waals surface area (Å²) in [6.07, 6.45) is 5.24. The number of benzene rings is 1. The van der Waals surface area contributed by atoms with Gasteiger partial charge in [0.2, 0.25) is 0 Å². The van der Waals surface area contributed by atoms with Gasteiger partial charge in [-0.2, -0.15) is 0 Å². The molecular weight excluding hydrogens is 316 g/mol. The predicted molar refractivity (Wildman–Crippen MR) is 86.0 cm³/mol. The Balaban J connectivity index is 1.68. The smallest absolute Gasteiger partial charge is 0.322 e. The number of urea groups is 1. The minimum absolute atomic E-state index is 0.382. The summed E-state index contributed by atoms with van der Waals surface area (Å²) in [5, 5.41) is 5.62. The molecule has 0 aliphatic carbocycles. The quantitative estimate of drug-likeness (QED) is 0.824. The standard InChI is InChI=1S/C16H17ClN4O2/c1-16(14(22)19-15(23)20-16)13-18-8-10-21(13)9-2-3-11-4-6-12(17)7-5-11/h4-8,10H,2-3,9H2,1H3,(H2,19,20,22,23). The first-order valence-electron chi connectivity index (χ1n) is 7.39. The molecule has 1 unspecified atom stereocenters. The van der Waals surface area contributed by atoms with Crippen molar-refractivity contribution >= 4 is 23.5 Å². The molecule has 2 aromatic rings. The molecule has 0 spiro atoms. The van der Waals surface area contributed by atoms with Crippen LogP contribution in [0.5, 0.6) is 0 Å². The minimum atomic E-state index is -1.12. The van der Waals surface area contributed by atoms with Crippen LogP contribution in [0.1, 0.15) is 24.7 Å². The molecule has 23 heavy (non-hydrogen) atoms. The molecule has 1 atom stereocenters. The van der Waals surface area contributed by atoms with Crippen LogP contribution in [0.2, 0.25) is 5.02 Å². The van der Waals surface area contributed by atoms with E-state index in [-0.39, 0.29) is 5.91 Å². The van der Waals surface area contributed by atoms with Crippen LogP contribution >= 0.6 is 11.6 Å². The van der Waals surface area contributed by atoms with Crippen LogP contribution in [0.25, 0.3) is 0 Å². The van der Waals surface area contributed by atoms with Gasteiger partial charge < -0.3 is 9.88 Å². The fourth-order valence-corrected chi connectivity index (χ4v) is 2.86. The molecule has 3 rings (SSSR count). The van der Waals surface area contributed by atoms with E-state index in [9.17, 15) is 9.59 Å². The van der Waals surface area contributed by atoms with Crippen molar-refractivity contribution < 1.29 is 9.59 Å². The van der Waals surface area contributed by atoms with Gasteiger partial charge in [0.05, 0.1) is 0 Å². The molecule has 1 saturated heterocycles. The number of carbonyl (C=O) groups excluding carboxylic acids is 2. The van der Waals surface area contributed by atoms with Crippen LogP contribution < -0.4 is 10.6 Å². The number of nitrogens with zero attached hydrogens (tertiary/aromatic N) is 2. The monoisotopic (exact) mass is 332 g/mol. The van der Waals surface area contributed by atoms with Crippen LogP contribution in [0.15, 0.2) is 36.7 Å². The van der Waals surface area contributed by atoms with E-state index in [4.69, 9.17) is 11.6 Å². The number of amides is 3. The van der Waals surface area contributed by atoms with Crippen molar-refractivity contribution in [2.24, 2.45) is 0 Å². The lowest BCUT2D eigenvalue weighted by Crippen LogP contribution is -2.43. The van der Waals surface area contributed by atoms with Gasteiger partial charge in [-0.3, -0.25) is 10.1 Å². The zero-order chi connectivity index (χ0) is 16.4. The molecule has 2 N–H and O–H groups in total. The summed E-state index contributed by atoms with van der Waals surface area (Å²) in [6, 6.07) is 7.26. The lowest BCUT2D eigenvalue weighted by molar-refractivity contribution is -0.124. The summed E-state index contributed by atoms with van der Waals surface area (Å²) in [6.45, 7) is 2.36. The highest BCUT2D eigenvalue weighted by Crippen LogP contribution is 2.23. The fourth-order valence-electron chi connectivity index (χ4n) is 2.73. The van der Waals surface area contributed by atoms with Crippen LogP contribution in [0, 0.1) is 0 Å². The first-order valence-corrected chi connectivity index (χ1v) is 7.76. The van der Waals surface area contributed by atoms with Crippen molar-refractivity contribution in [3.63, 3.8) is 0 Å². The number of hydrogen-bond donors (Lipinski definition) is 2. The Bertz CT molecular complexity index is 741. The third-order valence-electron chi connectivity index (χ3n) is 3.99. The lowest BCUT2D eigenvalue weighted by Gasteiger charge is -2.21. The van der Waals surface area contributed by atoms with Crippen LogP contribution in [0.3, 0.4) is 0 Å². The fraction of sp³-hybridized carbons (Fsp3) is 0.312. The van der Waals surface area contributed by atoms with Crippen molar-refractivity contribution in [3.05, 3.63) is 53.1 Å². The van der Waals surface area contributed by atoms with Gasteiger partial charge in [-0.15, -0.1) is 0 Å². The van der Waals surface area contributed by atoms with Crippen LogP contribution in [0.4, 0.5) is 4.79 Å². The lowest BCUT2D eigenvalue weighted by atomic mass is 10.0. The van der Waals surface area contributed by atoms with E-state index in [0.29, 0.717) is 12.4 Å². The number of halogens is 1. The SMILES string of the molecule is CC1(c2nccn2CCCc2ccc(Cl)cc2)NC(=O)NC1=O. The van der Waals surface area contributed by atoms with E-state index >= 15 is 0 Å². The Hall–Kier alpha value is -2.34. The maximum Gasteiger partial charge on any atom is 0.322 e. The molecule has 1 aliphatic heterocycles. The van der Waals surface area contributed by atoms with Gasteiger partial charge >= 0.3 is 6.03 Å². The zero-order valence-corrected chi connectivity index (χ0v) is 13.4. The second-order valence-corrected chi connectivity index (χ2v) is 6.14. The summed E-state index contributed by atoms with van der Waals surface area (Å²) in [7, 11) is 0. The average Bonchev–Trinajstić information content (AvgIpc) is 3.07. The Morgan fingerprint density at radius 3 is 2.65 bits per heavy atom. The second-order valence-electron chi connectivity index (χ2n) is 5.71. The molecule has 1 aromatic heterocycles. The Kier molecular flexibility index (Phi) is 4.09. The number of aromatic nitrogens is 2. The molecule has 1 fully saturated rings. The molecular formula is C16H17ClN4O2. The molecule has 1 aromatic carbocycles. The average molecular weight is 333 g/mol. The Morgan fingerprint density at radius 2 is 2.00 bits per heavy atom. The molecule has 0 saturated carbocycles. The van der Waals surface area contributed by atoms with Gasteiger partial charge in [0.1, 0.15) is 5.82 Å². The number of rotatable bonds is 5. The third-order valence-corrected chi connectivity index (χ3v) is 4.24. The van der Waals surface area contributed by atoms with Gasteiger partial charge in [-0.1, -0.05) is 23.7 Å². The summed E-state index contributed by atoms with van der Waals surface area (Å²) in [5.41, 5.74) is 0.0788. The topological polar surface area (TPSA) is 76.0 Å². The number of nitrogens with one attached hydrogen (secondary N) is 2. The maximum absolute atomic E-state index is 12.0. The molecule has 7 heteroatoms. The molecule has 3 amide bonds. The molecule has 120 valence electrons. The van der Waals surface area contributed by atoms with Gasteiger partial charge in [0.25, 0.3) is 5.91 Å². The van der Waals surface area contributed by atoms with Gasteiger partial charge in [-0.05, 0) is 37.5 Å². The minimum Gasteiger partial charge on any atom is -0.333 e. The largest absolute Gasteiger partial charge is 0.333 e. The second kappa shape index (κ2) is 6.04. The van der Waals surface area contributed by atoms with E-state index in [2.05, 4.69) is 15.6 Å². The first-order chi connectivity index (χ1) is 11.0. The number of hydrogen-bond acceptors (Lipinski definition) is 3. The van der Waals surface area contributed by atoms with E-state index in [1.807, 2.05) is 35.0 Å². The van der Waals surface area contributed by atoms with Gasteiger partial charge in [-0.25, -0.2) is 9.78 Å². The molecule has 0 bridgehead atoms. The molecule has 0 radical (unpaired) electrons. The highest BCUT2D eigenvalue weighted by Gasteiger charge is 2.46. The summed E-state index contributed by atoms with van der Waals surface area (Å²) < 4.78 is 1.90. The maximum atomic E-state index is 12.0. The van der Waals surface area contributed by atoms with Crippen molar-refractivity contribution in [1.29, 1.82) is 0 Å². The van der Waals surface area contributed by atoms with E-state index in [1.165, 1.54) is 5.56 Å². The van der Waals surface area contributed by atoms with Crippen LogP contribution in [-0.4, -0.2) is 21.5 Å². The third kappa shape index (κ3) is 3.07. The number of aryl methyl sites for hydroxylation is 2. The molecule has 2 heterocycles. The number of carbonyl (C=O) groups is 2. The van der Waals surface area contributed by atoms with Crippen molar-refractivity contribution in [2.45, 2.75) is 31.8 Å². The van der Waals surface area contributed by atoms with Crippen molar-refractivity contribution in [3.8, 4) is 0 Å². The Morgan fingerprint density at radius 1 is 1.26 bits per heavy atom. The number of imidazole rings is 1. The number of imide groups is 1. The molecule has 1 aliphatic rings. The summed E-state index contributed by atoms with van der Waals surface area (Å²) in [5.74, 6) is 0.157. The predicted octanol–water partition coefficient (Wildman–Crippen LogP) is 2.22. The zero-order valence-electron chi connectivity index (χ0n) is 12.7. The molecule has 6 nitrogen and oxygen atoms in total. The van der Waals surface area contributed by atoms with E-state index in [0.717, 1.165) is 17.9 Å². The first kappa shape index (κ1) is 15.6. The van der Waals surface area contributed by atoms with E-state index in [1.54, 1.807) is 13.1 Å². The Labute approximate surface area is 138 Å². The van der Waals surface area contributed by atoms with Gasteiger partial charge in [0, 0.05) is 24.0 Å². The van der Waals surface area contributed by atoms with Crippen LogP contribution in [-0.2, 0) is 23.3 Å². The summed E-state index contributed by atoms with van der Waals surface area (Å²) >= 11 is 5.88. The van der Waals surface area contributed by atoms with Gasteiger partial charge in [0.15, 0.2) is 5.54 Å². The highest BCUT2D eigenvalue weighted by molar-refractivity contribution is 6.30. The van der Waals surface area contributed by atoms with Crippen molar-refractivity contribution in [2.75, 3.05) is 0 Å². The summed E-state index contributed by atoms with van der Waals surface area (Å²) in [4.78, 5) is 27.7. The van der Waals surface area contributed by atoms with E-state index < -0.39 is 11.6 Å². The highest BCUT2D eigenvalue weighted by atomic mass is 35.5. The van der Waals surface area contributed by atoms with Crippen molar-refractivity contribution in [1.82, 2.24) is 20.2 Å².